The number of amides is 4. The fourth-order valence-corrected chi connectivity index (χ4v) is 5.15. The van der Waals surface area contributed by atoms with Crippen LogP contribution in [-0.2, 0) is 9.53 Å². The molecule has 2 aliphatic rings. The van der Waals surface area contributed by atoms with E-state index in [2.05, 4.69) is 40.6 Å². The lowest BCUT2D eigenvalue weighted by Gasteiger charge is -2.31. The Morgan fingerprint density at radius 1 is 1.18 bits per heavy atom. The molecule has 45 heavy (non-hydrogen) atoms. The summed E-state index contributed by atoms with van der Waals surface area (Å²) in [6.07, 6.45) is -3.93. The van der Waals surface area contributed by atoms with E-state index in [4.69, 9.17) is 4.74 Å². The number of nitrogens with zero attached hydrogens (tertiary/aromatic N) is 4. The van der Waals surface area contributed by atoms with Crippen LogP contribution in [0.25, 0.3) is 0 Å². The number of halogens is 6. The van der Waals surface area contributed by atoms with Gasteiger partial charge in [-0.2, -0.15) is 13.2 Å². The molecule has 1 saturated carbocycles. The van der Waals surface area contributed by atoms with Crippen LogP contribution in [0.1, 0.15) is 54.7 Å². The molecule has 0 bridgehead atoms. The van der Waals surface area contributed by atoms with Crippen LogP contribution in [0.15, 0.2) is 23.0 Å². The molecule has 1 aliphatic heterocycles. The minimum atomic E-state index is -4.74. The van der Waals surface area contributed by atoms with E-state index in [0.29, 0.717) is 12.5 Å². The molecule has 1 aliphatic carbocycles. The molecule has 0 radical (unpaired) electrons. The van der Waals surface area contributed by atoms with Gasteiger partial charge >= 0.3 is 12.2 Å². The van der Waals surface area contributed by atoms with Crippen molar-refractivity contribution in [1.29, 1.82) is 0 Å². The predicted molar refractivity (Wildman–Crippen MR) is 141 cm³/mol. The lowest BCUT2D eigenvalue weighted by molar-refractivity contribution is -0.154. The third kappa shape index (κ3) is 8.73. The van der Waals surface area contributed by atoms with Crippen LogP contribution in [0.5, 0.6) is 5.88 Å². The number of hydrogen-bond acceptors (Lipinski definition) is 9. The summed E-state index contributed by atoms with van der Waals surface area (Å²) in [5.41, 5.74) is -0.352. The number of anilines is 1. The Labute approximate surface area is 252 Å². The number of carbonyl (C=O) groups excluding carboxylic acids is 3. The van der Waals surface area contributed by atoms with Gasteiger partial charge in [-0.25, -0.2) is 27.6 Å². The minimum absolute atomic E-state index is 0.0358. The molecular weight excluding hydrogens is 620 g/mol. The van der Waals surface area contributed by atoms with Crippen LogP contribution in [-0.4, -0.2) is 95.3 Å². The molecule has 1 saturated heterocycles. The Balaban J connectivity index is 1.53. The average molecular weight is 652 g/mol. The molecule has 3 heterocycles. The number of urea groups is 1. The molecule has 0 aromatic carbocycles. The number of hydrogen-bond donors (Lipinski definition) is 3. The molecule has 2 fully saturated rings. The fraction of sp³-hybridized carbons (Fsp3) is 0.615. The zero-order chi connectivity index (χ0) is 32.9. The maximum absolute atomic E-state index is 13.9. The first-order valence-electron chi connectivity index (χ1n) is 13.8. The molecule has 4 rings (SSSR count). The molecule has 2 aromatic rings. The average Bonchev–Trinajstić information content (AvgIpc) is 3.60. The van der Waals surface area contributed by atoms with Crippen LogP contribution >= 0.6 is 0 Å². The summed E-state index contributed by atoms with van der Waals surface area (Å²) >= 11 is 0. The third-order valence-electron chi connectivity index (χ3n) is 7.46. The van der Waals surface area contributed by atoms with Gasteiger partial charge in [0.2, 0.25) is 11.6 Å². The molecular formula is C26H31F6N7O6. The zero-order valence-corrected chi connectivity index (χ0v) is 24.1. The van der Waals surface area contributed by atoms with Crippen molar-refractivity contribution in [2.24, 2.45) is 5.92 Å². The number of carbonyl (C=O) groups is 3. The van der Waals surface area contributed by atoms with E-state index in [9.17, 15) is 40.7 Å². The van der Waals surface area contributed by atoms with E-state index in [-0.39, 0.29) is 44.7 Å². The van der Waals surface area contributed by atoms with Crippen molar-refractivity contribution in [3.05, 3.63) is 29.6 Å². The number of ether oxygens (including phenoxy) is 2. The Bertz CT molecular complexity index is 1350. The number of methoxy groups -OCH3 is 1. The monoisotopic (exact) mass is 651 g/mol. The van der Waals surface area contributed by atoms with E-state index in [1.807, 2.05) is 0 Å². The summed E-state index contributed by atoms with van der Waals surface area (Å²) in [5, 5.41) is 13.7. The number of rotatable bonds is 12. The van der Waals surface area contributed by atoms with E-state index in [1.165, 1.54) is 30.3 Å². The lowest BCUT2D eigenvalue weighted by Crippen LogP contribution is -2.49. The van der Waals surface area contributed by atoms with Crippen LogP contribution in [0.3, 0.4) is 0 Å². The highest BCUT2D eigenvalue weighted by Gasteiger charge is 2.45. The summed E-state index contributed by atoms with van der Waals surface area (Å²) in [4.78, 5) is 44.4. The van der Waals surface area contributed by atoms with Gasteiger partial charge in [0.25, 0.3) is 17.7 Å². The quantitative estimate of drug-likeness (QED) is 0.292. The van der Waals surface area contributed by atoms with Gasteiger partial charge in [-0.05, 0) is 59.6 Å². The molecule has 0 spiro atoms. The second-order valence-electron chi connectivity index (χ2n) is 10.8. The standard InChI is InChI=1S/C26H31F6N7O6/c1-25(28,29)17-10-39(24(42)34-17)16(11-43-2)14-7-8-33-18(9-14)35-21(40)19(13-3-5-15(27)6-4-13)36-22(41)20-23(38-45-37-20)44-12-26(30,31)32/h7-9,13,15-17,19H,3-6,10-12H2,1-2H3,(H,34,42)(H,36,41)(H,33,35,40)/t13?,15?,16?,17-,19?/m0/s1. The first-order valence-corrected chi connectivity index (χ1v) is 13.8. The smallest absolute Gasteiger partial charge is 0.422 e. The number of pyridine rings is 1. The summed E-state index contributed by atoms with van der Waals surface area (Å²) in [6.45, 7) is -1.49. The first kappa shape index (κ1) is 33.7. The maximum atomic E-state index is 13.9. The molecule has 3 atom stereocenters. The predicted octanol–water partition coefficient (Wildman–Crippen LogP) is 3.41. The highest BCUT2D eigenvalue weighted by molar-refractivity contribution is 6.01. The van der Waals surface area contributed by atoms with Gasteiger partial charge in [0.1, 0.15) is 24.1 Å². The van der Waals surface area contributed by atoms with Gasteiger partial charge < -0.3 is 30.3 Å². The minimum Gasteiger partial charge on any atom is -0.464 e. The molecule has 13 nitrogen and oxygen atoms in total. The highest BCUT2D eigenvalue weighted by Crippen LogP contribution is 2.32. The van der Waals surface area contributed by atoms with Crippen molar-refractivity contribution in [3.8, 4) is 5.88 Å². The van der Waals surface area contributed by atoms with Crippen molar-refractivity contribution < 1.29 is 54.8 Å². The van der Waals surface area contributed by atoms with Gasteiger partial charge in [0, 0.05) is 26.8 Å². The Kier molecular flexibility index (Phi) is 10.4. The van der Waals surface area contributed by atoms with Crippen LogP contribution < -0.4 is 20.7 Å². The lowest BCUT2D eigenvalue weighted by atomic mass is 9.82. The summed E-state index contributed by atoms with van der Waals surface area (Å²) in [6, 6.07) is -1.44. The van der Waals surface area contributed by atoms with Crippen LogP contribution in [0, 0.1) is 5.92 Å². The van der Waals surface area contributed by atoms with Crippen LogP contribution in [0.2, 0.25) is 0 Å². The number of alkyl halides is 6. The van der Waals surface area contributed by atoms with Gasteiger partial charge in [0.15, 0.2) is 6.61 Å². The first-order chi connectivity index (χ1) is 21.2. The normalized spacial score (nSPS) is 22.0. The largest absolute Gasteiger partial charge is 0.464 e. The van der Waals surface area contributed by atoms with Crippen LogP contribution in [0.4, 0.5) is 37.0 Å². The van der Waals surface area contributed by atoms with Gasteiger partial charge in [-0.15, -0.1) is 0 Å². The van der Waals surface area contributed by atoms with Gasteiger partial charge in [-0.3, -0.25) is 9.59 Å². The van der Waals surface area contributed by atoms with E-state index >= 15 is 0 Å². The third-order valence-corrected chi connectivity index (χ3v) is 7.46. The Hall–Kier alpha value is -4.16. The van der Waals surface area contributed by atoms with Crippen molar-refractivity contribution in [2.75, 3.05) is 32.2 Å². The summed E-state index contributed by atoms with van der Waals surface area (Å²) < 4.78 is 93.7. The van der Waals surface area contributed by atoms with Gasteiger partial charge in [-0.1, -0.05) is 0 Å². The second kappa shape index (κ2) is 13.9. The molecule has 19 heteroatoms. The molecule has 248 valence electrons. The second-order valence-corrected chi connectivity index (χ2v) is 10.8. The molecule has 4 amide bonds. The van der Waals surface area contributed by atoms with E-state index < -0.39 is 78.3 Å². The topological polar surface area (TPSA) is 161 Å². The zero-order valence-electron chi connectivity index (χ0n) is 24.1. The van der Waals surface area contributed by atoms with Crippen molar-refractivity contribution >= 4 is 23.7 Å². The van der Waals surface area contributed by atoms with Crippen molar-refractivity contribution in [3.63, 3.8) is 0 Å². The number of aromatic nitrogens is 3. The highest BCUT2D eigenvalue weighted by atomic mass is 19.4. The van der Waals surface area contributed by atoms with E-state index in [0.717, 1.165) is 0 Å². The molecule has 3 N–H and O–H groups in total. The Morgan fingerprint density at radius 2 is 1.89 bits per heavy atom. The summed E-state index contributed by atoms with van der Waals surface area (Å²) in [7, 11) is 1.36. The molecule has 2 aromatic heterocycles. The maximum Gasteiger partial charge on any atom is 0.422 e. The van der Waals surface area contributed by atoms with Gasteiger partial charge in [0.05, 0.1) is 12.6 Å². The van der Waals surface area contributed by atoms with Crippen molar-refractivity contribution in [1.82, 2.24) is 30.8 Å². The summed E-state index contributed by atoms with van der Waals surface area (Å²) in [5.74, 6) is -6.56. The Morgan fingerprint density at radius 3 is 2.51 bits per heavy atom. The SMILES string of the molecule is COCC(c1ccnc(NC(=O)C(NC(=O)c2nonc2OCC(F)(F)F)C2CCC(F)CC2)c1)N1C[C@@H](C(C)(F)F)NC1=O. The van der Waals surface area contributed by atoms with Crippen molar-refractivity contribution in [2.45, 2.75) is 69.0 Å². The fourth-order valence-electron chi connectivity index (χ4n) is 5.15. The molecule has 2 unspecified atom stereocenters. The number of nitrogens with one attached hydrogen (secondary N) is 3. The van der Waals surface area contributed by atoms with E-state index in [1.54, 1.807) is 0 Å².